The second-order valence-corrected chi connectivity index (χ2v) is 5.21. The average Bonchev–Trinajstić information content (AvgIpc) is 2.61. The van der Waals surface area contributed by atoms with Crippen molar-refractivity contribution in [3.05, 3.63) is 11.8 Å². The summed E-state index contributed by atoms with van der Waals surface area (Å²) in [4.78, 5) is 0. The van der Waals surface area contributed by atoms with Crippen LogP contribution in [-0.4, -0.2) is 27.3 Å². The second kappa shape index (κ2) is 4.92. The van der Waals surface area contributed by atoms with Crippen molar-refractivity contribution >= 4 is 17.6 Å². The number of rotatable bonds is 3. The van der Waals surface area contributed by atoms with Gasteiger partial charge in [-0.25, -0.2) is 0 Å². The molecule has 0 aliphatic carbocycles. The molecule has 0 bridgehead atoms. The summed E-state index contributed by atoms with van der Waals surface area (Å²) in [6, 6.07) is 2.79. The highest BCUT2D eigenvalue weighted by Gasteiger charge is 2.15. The first-order chi connectivity index (χ1) is 7.29. The van der Waals surface area contributed by atoms with Gasteiger partial charge in [0.15, 0.2) is 0 Å². The van der Waals surface area contributed by atoms with E-state index in [4.69, 9.17) is 0 Å². The monoisotopic (exact) mass is 225 g/mol. The molecule has 0 radical (unpaired) electrons. The lowest BCUT2D eigenvalue weighted by molar-refractivity contribution is 0.666. The SMILES string of the molecule is CCc1cc(N[C@@H]2CCCSC2)n(C)n1. The molecule has 2 rings (SSSR count). The van der Waals surface area contributed by atoms with Gasteiger partial charge in [0, 0.05) is 24.9 Å². The molecule has 0 unspecified atom stereocenters. The molecule has 0 amide bonds. The molecular formula is C11H19N3S. The van der Waals surface area contributed by atoms with Gasteiger partial charge in [0.05, 0.1) is 5.69 Å². The van der Waals surface area contributed by atoms with Gasteiger partial charge in [-0.2, -0.15) is 16.9 Å². The van der Waals surface area contributed by atoms with Gasteiger partial charge in [0.1, 0.15) is 5.82 Å². The third-order valence-corrected chi connectivity index (χ3v) is 4.02. The van der Waals surface area contributed by atoms with Crippen molar-refractivity contribution in [1.29, 1.82) is 0 Å². The Kier molecular flexibility index (Phi) is 3.57. The number of thioether (sulfide) groups is 1. The molecule has 1 aromatic rings. The minimum Gasteiger partial charge on any atom is -0.367 e. The van der Waals surface area contributed by atoms with E-state index < -0.39 is 0 Å². The normalized spacial score (nSPS) is 21.6. The van der Waals surface area contributed by atoms with Crippen LogP contribution in [0.25, 0.3) is 0 Å². The van der Waals surface area contributed by atoms with Gasteiger partial charge in [-0.3, -0.25) is 4.68 Å². The fourth-order valence-corrected chi connectivity index (χ4v) is 2.97. The standard InChI is InChI=1S/C11H19N3S/c1-3-9-7-11(14(2)13-9)12-10-5-4-6-15-8-10/h7,10,12H,3-6,8H2,1-2H3/t10-/m1/s1. The van der Waals surface area contributed by atoms with Crippen LogP contribution in [0, 0.1) is 0 Å². The molecule has 1 fully saturated rings. The van der Waals surface area contributed by atoms with Crippen LogP contribution < -0.4 is 5.32 Å². The van der Waals surface area contributed by atoms with Crippen LogP contribution in [0.15, 0.2) is 6.07 Å². The predicted octanol–water partition coefficient (Wildman–Crippen LogP) is 2.29. The number of aromatic nitrogens is 2. The molecule has 4 heteroatoms. The third kappa shape index (κ3) is 2.68. The van der Waals surface area contributed by atoms with Crippen LogP contribution in [0.2, 0.25) is 0 Å². The van der Waals surface area contributed by atoms with Crippen LogP contribution >= 0.6 is 11.8 Å². The lowest BCUT2D eigenvalue weighted by atomic mass is 10.2. The van der Waals surface area contributed by atoms with Gasteiger partial charge in [0.2, 0.25) is 0 Å². The Morgan fingerprint density at radius 1 is 1.67 bits per heavy atom. The van der Waals surface area contributed by atoms with Gasteiger partial charge < -0.3 is 5.32 Å². The van der Waals surface area contributed by atoms with E-state index in [-0.39, 0.29) is 0 Å². The predicted molar refractivity (Wildman–Crippen MR) is 66.6 cm³/mol. The molecule has 15 heavy (non-hydrogen) atoms. The second-order valence-electron chi connectivity index (χ2n) is 4.06. The Hall–Kier alpha value is -0.640. The van der Waals surface area contributed by atoms with E-state index >= 15 is 0 Å². The summed E-state index contributed by atoms with van der Waals surface area (Å²) in [5.74, 6) is 3.72. The van der Waals surface area contributed by atoms with E-state index in [1.54, 1.807) is 0 Å². The van der Waals surface area contributed by atoms with Crippen molar-refractivity contribution in [2.45, 2.75) is 32.2 Å². The van der Waals surface area contributed by atoms with E-state index in [1.165, 1.54) is 35.9 Å². The number of hydrogen-bond acceptors (Lipinski definition) is 3. The molecule has 0 spiro atoms. The average molecular weight is 225 g/mol. The number of hydrogen-bond donors (Lipinski definition) is 1. The molecule has 1 aromatic heterocycles. The summed E-state index contributed by atoms with van der Waals surface area (Å²) in [6.07, 6.45) is 3.63. The number of aryl methyl sites for hydroxylation is 2. The Labute approximate surface area is 95.6 Å². The molecule has 2 heterocycles. The molecule has 1 atom stereocenters. The zero-order valence-corrected chi connectivity index (χ0v) is 10.3. The molecule has 0 aromatic carbocycles. The lowest BCUT2D eigenvalue weighted by Gasteiger charge is -2.23. The first-order valence-corrected chi connectivity index (χ1v) is 6.82. The first kappa shape index (κ1) is 10.9. The minimum absolute atomic E-state index is 0.629. The van der Waals surface area contributed by atoms with Gasteiger partial charge in [-0.05, 0) is 25.0 Å². The quantitative estimate of drug-likeness (QED) is 0.856. The van der Waals surface area contributed by atoms with Crippen LogP contribution in [-0.2, 0) is 13.5 Å². The molecule has 3 nitrogen and oxygen atoms in total. The molecule has 1 aliphatic rings. The maximum atomic E-state index is 4.44. The van der Waals surface area contributed by atoms with Crippen molar-refractivity contribution in [2.75, 3.05) is 16.8 Å². The van der Waals surface area contributed by atoms with Gasteiger partial charge in [0.25, 0.3) is 0 Å². The summed E-state index contributed by atoms with van der Waals surface area (Å²) in [7, 11) is 2.01. The molecule has 1 N–H and O–H groups in total. The van der Waals surface area contributed by atoms with Crippen molar-refractivity contribution in [2.24, 2.45) is 7.05 Å². The van der Waals surface area contributed by atoms with Crippen molar-refractivity contribution in [3.63, 3.8) is 0 Å². The number of anilines is 1. The summed E-state index contributed by atoms with van der Waals surface area (Å²) in [5, 5.41) is 8.03. The maximum Gasteiger partial charge on any atom is 0.124 e. The highest BCUT2D eigenvalue weighted by atomic mass is 32.2. The highest BCUT2D eigenvalue weighted by molar-refractivity contribution is 7.99. The maximum absolute atomic E-state index is 4.44. The van der Waals surface area contributed by atoms with E-state index in [9.17, 15) is 0 Å². The summed E-state index contributed by atoms with van der Waals surface area (Å²) >= 11 is 2.05. The Morgan fingerprint density at radius 3 is 3.13 bits per heavy atom. The Morgan fingerprint density at radius 2 is 2.53 bits per heavy atom. The van der Waals surface area contributed by atoms with Crippen LogP contribution in [0.3, 0.4) is 0 Å². The lowest BCUT2D eigenvalue weighted by Crippen LogP contribution is -2.26. The van der Waals surface area contributed by atoms with Crippen LogP contribution in [0.4, 0.5) is 5.82 Å². The van der Waals surface area contributed by atoms with E-state index in [0.29, 0.717) is 6.04 Å². The smallest absolute Gasteiger partial charge is 0.124 e. The van der Waals surface area contributed by atoms with Crippen molar-refractivity contribution < 1.29 is 0 Å². The Bertz CT molecular complexity index is 316. The largest absolute Gasteiger partial charge is 0.367 e. The Balaban J connectivity index is 1.99. The van der Waals surface area contributed by atoms with Crippen LogP contribution in [0.5, 0.6) is 0 Å². The van der Waals surface area contributed by atoms with Gasteiger partial charge in [-0.15, -0.1) is 0 Å². The fraction of sp³-hybridized carbons (Fsp3) is 0.727. The minimum atomic E-state index is 0.629. The van der Waals surface area contributed by atoms with Gasteiger partial charge in [-0.1, -0.05) is 6.92 Å². The number of nitrogens with zero attached hydrogens (tertiary/aromatic N) is 2. The molecule has 84 valence electrons. The zero-order chi connectivity index (χ0) is 10.7. The van der Waals surface area contributed by atoms with Crippen molar-refractivity contribution in [3.8, 4) is 0 Å². The molecular weight excluding hydrogens is 206 g/mol. The topological polar surface area (TPSA) is 29.9 Å². The van der Waals surface area contributed by atoms with Crippen LogP contribution in [0.1, 0.15) is 25.5 Å². The molecule has 0 saturated carbocycles. The van der Waals surface area contributed by atoms with Gasteiger partial charge >= 0.3 is 0 Å². The zero-order valence-electron chi connectivity index (χ0n) is 9.49. The molecule has 1 aliphatic heterocycles. The van der Waals surface area contributed by atoms with E-state index in [2.05, 4.69) is 23.4 Å². The summed E-state index contributed by atoms with van der Waals surface area (Å²) in [5.41, 5.74) is 1.17. The fourth-order valence-electron chi connectivity index (χ4n) is 1.90. The summed E-state index contributed by atoms with van der Waals surface area (Å²) in [6.45, 7) is 2.14. The van der Waals surface area contributed by atoms with E-state index in [0.717, 1.165) is 6.42 Å². The summed E-state index contributed by atoms with van der Waals surface area (Å²) < 4.78 is 1.96. The number of nitrogens with one attached hydrogen (secondary N) is 1. The third-order valence-electron chi connectivity index (χ3n) is 2.80. The molecule has 1 saturated heterocycles. The highest BCUT2D eigenvalue weighted by Crippen LogP contribution is 2.21. The van der Waals surface area contributed by atoms with Crippen molar-refractivity contribution in [1.82, 2.24) is 9.78 Å². The first-order valence-electron chi connectivity index (χ1n) is 5.66. The van der Waals surface area contributed by atoms with E-state index in [1.807, 2.05) is 23.5 Å².